The molecule has 3 unspecified atom stereocenters. The van der Waals surface area contributed by atoms with Gasteiger partial charge in [-0.05, 0) is 27.2 Å². The van der Waals surface area contributed by atoms with Crippen LogP contribution in [0.25, 0.3) is 0 Å². The van der Waals surface area contributed by atoms with E-state index in [-0.39, 0.29) is 12.4 Å². The van der Waals surface area contributed by atoms with Crippen LogP contribution in [0.5, 0.6) is 0 Å². The van der Waals surface area contributed by atoms with Gasteiger partial charge in [-0.15, -0.1) is 0 Å². The lowest BCUT2D eigenvalue weighted by atomic mass is 10.0. The van der Waals surface area contributed by atoms with E-state index >= 15 is 0 Å². The van der Waals surface area contributed by atoms with Gasteiger partial charge >= 0.3 is 11.9 Å². The molecule has 0 aliphatic carbocycles. The summed E-state index contributed by atoms with van der Waals surface area (Å²) < 4.78 is 4.55. The number of aliphatic carboxylic acids is 1. The molecule has 0 aromatic rings. The molecular formula is C12H24O6. The van der Waals surface area contributed by atoms with Crippen molar-refractivity contribution in [2.24, 2.45) is 5.92 Å². The second kappa shape index (κ2) is 11.0. The molecule has 0 heterocycles. The Bertz CT molecular complexity index is 235. The third kappa shape index (κ3) is 11.3. The summed E-state index contributed by atoms with van der Waals surface area (Å²) in [7, 11) is 0. The summed E-state index contributed by atoms with van der Waals surface area (Å²) in [5.41, 5.74) is 0. The van der Waals surface area contributed by atoms with E-state index in [0.717, 1.165) is 0 Å². The molecule has 0 radical (unpaired) electrons. The van der Waals surface area contributed by atoms with Gasteiger partial charge in [0.1, 0.15) is 0 Å². The number of carbonyl (C=O) groups is 2. The largest absolute Gasteiger partial charge is 0.481 e. The van der Waals surface area contributed by atoms with Crippen molar-refractivity contribution in [2.45, 2.75) is 52.7 Å². The molecular weight excluding hydrogens is 240 g/mol. The fourth-order valence-electron chi connectivity index (χ4n) is 1.18. The fourth-order valence-corrected chi connectivity index (χ4v) is 1.18. The average molecular weight is 264 g/mol. The highest BCUT2D eigenvalue weighted by molar-refractivity contribution is 5.70. The first kappa shape index (κ1) is 19.2. The number of rotatable bonds is 6. The number of carboxylic acid groups (broad SMARTS) is 1. The number of carboxylic acids is 1. The Hall–Kier alpha value is -1.14. The summed E-state index contributed by atoms with van der Waals surface area (Å²) >= 11 is 0. The summed E-state index contributed by atoms with van der Waals surface area (Å²) in [4.78, 5) is 20.7. The quantitative estimate of drug-likeness (QED) is 0.613. The number of hydrogen-bond donors (Lipinski definition) is 3. The standard InChI is InChI=1S/2C6H12O3/c1-3-9-6(8)4-5(2)7;1-3-5(4(2)7)6(8)9/h5,7H,3-4H2,1-2H3;4-5,7H,3H2,1-2H3,(H,8,9). The Kier molecular flexibility index (Phi) is 11.7. The zero-order chi connectivity index (χ0) is 14.7. The number of carbonyl (C=O) groups excluding carboxylic acids is 1. The highest BCUT2D eigenvalue weighted by atomic mass is 16.5. The number of aliphatic hydroxyl groups is 2. The maximum atomic E-state index is 10.5. The van der Waals surface area contributed by atoms with Crippen LogP contribution in [-0.2, 0) is 14.3 Å². The van der Waals surface area contributed by atoms with Crippen LogP contribution < -0.4 is 0 Å². The van der Waals surface area contributed by atoms with Crippen molar-refractivity contribution in [1.82, 2.24) is 0 Å². The van der Waals surface area contributed by atoms with Gasteiger partial charge in [0.15, 0.2) is 0 Å². The Morgan fingerprint density at radius 3 is 1.83 bits per heavy atom. The Morgan fingerprint density at radius 1 is 1.17 bits per heavy atom. The van der Waals surface area contributed by atoms with Gasteiger partial charge in [0, 0.05) is 0 Å². The van der Waals surface area contributed by atoms with Crippen molar-refractivity contribution < 1.29 is 29.6 Å². The van der Waals surface area contributed by atoms with Crippen molar-refractivity contribution in [3.63, 3.8) is 0 Å². The molecule has 0 spiro atoms. The van der Waals surface area contributed by atoms with Crippen LogP contribution in [0.15, 0.2) is 0 Å². The minimum absolute atomic E-state index is 0.0911. The van der Waals surface area contributed by atoms with Gasteiger partial charge in [0.25, 0.3) is 0 Å². The SMILES string of the molecule is CCC(C(=O)O)C(C)O.CCOC(=O)CC(C)O. The van der Waals surface area contributed by atoms with E-state index in [1.165, 1.54) is 6.92 Å². The van der Waals surface area contributed by atoms with Crippen LogP contribution in [0.2, 0.25) is 0 Å². The average Bonchev–Trinajstić information content (AvgIpc) is 2.16. The lowest BCUT2D eigenvalue weighted by Gasteiger charge is -2.11. The predicted molar refractivity (Wildman–Crippen MR) is 66.0 cm³/mol. The van der Waals surface area contributed by atoms with E-state index < -0.39 is 24.1 Å². The van der Waals surface area contributed by atoms with Gasteiger partial charge in [-0.2, -0.15) is 0 Å². The lowest BCUT2D eigenvalue weighted by Crippen LogP contribution is -2.24. The van der Waals surface area contributed by atoms with Crippen molar-refractivity contribution in [3.8, 4) is 0 Å². The van der Waals surface area contributed by atoms with Gasteiger partial charge in [0.2, 0.25) is 0 Å². The molecule has 6 heteroatoms. The topological polar surface area (TPSA) is 104 Å². The lowest BCUT2D eigenvalue weighted by molar-refractivity contribution is -0.146. The van der Waals surface area contributed by atoms with E-state index in [2.05, 4.69) is 4.74 Å². The summed E-state index contributed by atoms with van der Waals surface area (Å²) in [5, 5.41) is 25.8. The molecule has 0 aromatic carbocycles. The van der Waals surface area contributed by atoms with Crippen LogP contribution >= 0.6 is 0 Å². The number of hydrogen-bond acceptors (Lipinski definition) is 5. The second-order valence-electron chi connectivity index (χ2n) is 3.95. The molecule has 18 heavy (non-hydrogen) atoms. The molecule has 0 rings (SSSR count). The second-order valence-corrected chi connectivity index (χ2v) is 3.95. The van der Waals surface area contributed by atoms with Crippen molar-refractivity contribution >= 4 is 11.9 Å². The van der Waals surface area contributed by atoms with Crippen LogP contribution in [-0.4, -0.2) is 46.1 Å². The van der Waals surface area contributed by atoms with Crippen molar-refractivity contribution in [1.29, 1.82) is 0 Å². The monoisotopic (exact) mass is 264 g/mol. The maximum Gasteiger partial charge on any atom is 0.309 e. The molecule has 3 N–H and O–H groups in total. The summed E-state index contributed by atoms with van der Waals surface area (Å²) in [6.45, 7) is 6.90. The maximum absolute atomic E-state index is 10.5. The van der Waals surface area contributed by atoms with Gasteiger partial charge in [0.05, 0.1) is 31.2 Å². The normalized spacial score (nSPS) is 14.8. The van der Waals surface area contributed by atoms with E-state index in [1.54, 1.807) is 20.8 Å². The third-order valence-corrected chi connectivity index (χ3v) is 2.11. The number of esters is 1. The molecule has 0 aliphatic rings. The zero-order valence-electron chi connectivity index (χ0n) is 11.4. The summed E-state index contributed by atoms with van der Waals surface area (Å²) in [6.07, 6.45) is -0.766. The highest BCUT2D eigenvalue weighted by Crippen LogP contribution is 2.07. The van der Waals surface area contributed by atoms with E-state index in [9.17, 15) is 9.59 Å². The molecule has 0 saturated carbocycles. The van der Waals surface area contributed by atoms with Crippen LogP contribution in [0.1, 0.15) is 40.5 Å². The number of aliphatic hydroxyl groups excluding tert-OH is 2. The van der Waals surface area contributed by atoms with Crippen molar-refractivity contribution in [3.05, 3.63) is 0 Å². The Morgan fingerprint density at radius 2 is 1.67 bits per heavy atom. The predicted octanol–water partition coefficient (Wildman–Crippen LogP) is 0.798. The smallest absolute Gasteiger partial charge is 0.309 e. The fraction of sp³-hybridized carbons (Fsp3) is 0.833. The first-order valence-electron chi connectivity index (χ1n) is 6.00. The Balaban J connectivity index is 0. The zero-order valence-corrected chi connectivity index (χ0v) is 11.4. The molecule has 3 atom stereocenters. The first-order chi connectivity index (χ1) is 8.26. The Labute approximate surface area is 108 Å². The molecule has 0 aliphatic heterocycles. The molecule has 108 valence electrons. The molecule has 6 nitrogen and oxygen atoms in total. The highest BCUT2D eigenvalue weighted by Gasteiger charge is 2.19. The van der Waals surface area contributed by atoms with Gasteiger partial charge < -0.3 is 20.1 Å². The summed E-state index contributed by atoms with van der Waals surface area (Å²) in [6, 6.07) is 0. The minimum Gasteiger partial charge on any atom is -0.481 e. The number of ether oxygens (including phenoxy) is 1. The molecule has 0 amide bonds. The van der Waals surface area contributed by atoms with Crippen LogP contribution in [0.4, 0.5) is 0 Å². The molecule has 0 saturated heterocycles. The van der Waals surface area contributed by atoms with Gasteiger partial charge in [-0.3, -0.25) is 9.59 Å². The molecule has 0 bridgehead atoms. The third-order valence-electron chi connectivity index (χ3n) is 2.11. The minimum atomic E-state index is -0.924. The van der Waals surface area contributed by atoms with Gasteiger partial charge in [-0.1, -0.05) is 6.92 Å². The van der Waals surface area contributed by atoms with Crippen LogP contribution in [0, 0.1) is 5.92 Å². The van der Waals surface area contributed by atoms with E-state index in [0.29, 0.717) is 13.0 Å². The van der Waals surface area contributed by atoms with Gasteiger partial charge in [-0.25, -0.2) is 0 Å². The van der Waals surface area contributed by atoms with Crippen LogP contribution in [0.3, 0.4) is 0 Å². The van der Waals surface area contributed by atoms with E-state index in [4.69, 9.17) is 15.3 Å². The van der Waals surface area contributed by atoms with Crippen molar-refractivity contribution in [2.75, 3.05) is 6.61 Å². The molecule has 0 aromatic heterocycles. The first-order valence-corrected chi connectivity index (χ1v) is 6.00. The van der Waals surface area contributed by atoms with E-state index in [1.807, 2.05) is 0 Å². The summed E-state index contributed by atoms with van der Waals surface area (Å²) in [5.74, 6) is -1.87. The molecule has 0 fully saturated rings.